The van der Waals surface area contributed by atoms with Crippen LogP contribution in [0.3, 0.4) is 0 Å². The number of ether oxygens (including phenoxy) is 3. The second kappa shape index (κ2) is 6.63. The van der Waals surface area contributed by atoms with Crippen molar-refractivity contribution in [3.63, 3.8) is 0 Å². The van der Waals surface area contributed by atoms with Crippen LogP contribution in [0, 0.1) is 5.92 Å². The maximum atomic E-state index is 12.3. The van der Waals surface area contributed by atoms with E-state index >= 15 is 0 Å². The zero-order chi connectivity index (χ0) is 15.5. The Balaban J connectivity index is 1.85. The highest BCUT2D eigenvalue weighted by Crippen LogP contribution is 2.42. The summed E-state index contributed by atoms with van der Waals surface area (Å²) in [6, 6.07) is 0.444. The molecule has 0 saturated heterocycles. The van der Waals surface area contributed by atoms with E-state index in [1.807, 2.05) is 20.8 Å². The van der Waals surface area contributed by atoms with E-state index in [1.165, 1.54) is 7.11 Å². The molecule has 0 aromatic carbocycles. The molecule has 0 spiro atoms. The van der Waals surface area contributed by atoms with Crippen molar-refractivity contribution in [1.82, 2.24) is 5.32 Å². The summed E-state index contributed by atoms with van der Waals surface area (Å²) >= 11 is 0. The van der Waals surface area contributed by atoms with Crippen LogP contribution in [0.2, 0.25) is 0 Å². The second-order valence-electron chi connectivity index (χ2n) is 7.17. The topological polar surface area (TPSA) is 56.8 Å². The molecule has 2 saturated carbocycles. The lowest BCUT2D eigenvalue weighted by Gasteiger charge is -2.32. The number of carbonyl (C=O) groups is 1. The Bertz CT molecular complexity index is 358. The smallest absolute Gasteiger partial charge is 0.328 e. The zero-order valence-electron chi connectivity index (χ0n) is 13.7. The molecular weight excluding hydrogens is 270 g/mol. The number of hydrogen-bond acceptors (Lipinski definition) is 5. The van der Waals surface area contributed by atoms with Crippen LogP contribution < -0.4 is 5.32 Å². The molecule has 21 heavy (non-hydrogen) atoms. The highest BCUT2D eigenvalue weighted by molar-refractivity contribution is 5.82. The van der Waals surface area contributed by atoms with Gasteiger partial charge in [-0.05, 0) is 52.4 Å². The van der Waals surface area contributed by atoms with Crippen molar-refractivity contribution in [3.8, 4) is 0 Å². The van der Waals surface area contributed by atoms with Gasteiger partial charge in [-0.25, -0.2) is 4.79 Å². The number of rotatable bonds is 9. The van der Waals surface area contributed by atoms with Crippen molar-refractivity contribution in [2.24, 2.45) is 5.92 Å². The van der Waals surface area contributed by atoms with Gasteiger partial charge in [0.05, 0.1) is 32.5 Å². The van der Waals surface area contributed by atoms with Gasteiger partial charge in [-0.15, -0.1) is 0 Å². The number of carbonyl (C=O) groups excluding carboxylic acids is 1. The summed E-state index contributed by atoms with van der Waals surface area (Å²) < 4.78 is 16.4. The zero-order valence-corrected chi connectivity index (χ0v) is 13.7. The lowest BCUT2D eigenvalue weighted by Crippen LogP contribution is -2.59. The summed E-state index contributed by atoms with van der Waals surface area (Å²) in [6.45, 7) is 7.46. The van der Waals surface area contributed by atoms with Gasteiger partial charge >= 0.3 is 5.97 Å². The molecule has 1 N–H and O–H groups in total. The van der Waals surface area contributed by atoms with Crippen LogP contribution in [0.25, 0.3) is 0 Å². The highest BCUT2D eigenvalue weighted by atomic mass is 16.5. The van der Waals surface area contributed by atoms with Gasteiger partial charge in [-0.3, -0.25) is 5.32 Å². The van der Waals surface area contributed by atoms with Gasteiger partial charge in [0, 0.05) is 6.04 Å². The Kier molecular flexibility index (Phi) is 5.28. The lowest BCUT2D eigenvalue weighted by atomic mass is 9.94. The molecule has 1 unspecified atom stereocenters. The lowest BCUT2D eigenvalue weighted by molar-refractivity contribution is -0.154. The van der Waals surface area contributed by atoms with E-state index in [9.17, 15) is 4.79 Å². The van der Waals surface area contributed by atoms with Crippen LogP contribution in [0.1, 0.15) is 46.5 Å². The fraction of sp³-hybridized carbons (Fsp3) is 0.938. The van der Waals surface area contributed by atoms with E-state index in [0.717, 1.165) is 25.7 Å². The molecule has 2 fully saturated rings. The molecular formula is C16H29NO4. The average Bonchev–Trinajstić information content (AvgIpc) is 3.25. The second-order valence-corrected chi connectivity index (χ2v) is 7.17. The van der Waals surface area contributed by atoms with Gasteiger partial charge in [0.25, 0.3) is 0 Å². The largest absolute Gasteiger partial charge is 0.468 e. The summed E-state index contributed by atoms with van der Waals surface area (Å²) in [5, 5.41) is 3.48. The van der Waals surface area contributed by atoms with Crippen molar-refractivity contribution in [2.45, 2.75) is 63.6 Å². The Morgan fingerprint density at radius 1 is 1.14 bits per heavy atom. The highest BCUT2D eigenvalue weighted by Gasteiger charge is 2.54. The summed E-state index contributed by atoms with van der Waals surface area (Å²) in [7, 11) is 1.46. The maximum absolute atomic E-state index is 12.3. The van der Waals surface area contributed by atoms with Gasteiger partial charge in [0.15, 0.2) is 0 Å². The quantitative estimate of drug-likeness (QED) is 0.520. The third-order valence-corrected chi connectivity index (χ3v) is 3.96. The average molecular weight is 299 g/mol. The molecule has 122 valence electrons. The maximum Gasteiger partial charge on any atom is 0.328 e. The third kappa shape index (κ3) is 4.94. The minimum atomic E-state index is -0.655. The van der Waals surface area contributed by atoms with Crippen LogP contribution >= 0.6 is 0 Å². The molecule has 0 aliphatic heterocycles. The Labute approximate surface area is 127 Å². The van der Waals surface area contributed by atoms with Gasteiger partial charge < -0.3 is 14.2 Å². The minimum absolute atomic E-state index is 0.161. The fourth-order valence-electron chi connectivity index (χ4n) is 2.55. The molecule has 2 aliphatic rings. The molecule has 2 rings (SSSR count). The predicted octanol–water partition coefficient (Wildman–Crippen LogP) is 1.89. The first-order chi connectivity index (χ1) is 9.87. The summed E-state index contributed by atoms with van der Waals surface area (Å²) in [5.41, 5.74) is -0.816. The van der Waals surface area contributed by atoms with E-state index in [-0.39, 0.29) is 11.6 Å². The molecule has 5 nitrogen and oxygen atoms in total. The first kappa shape index (κ1) is 16.7. The molecule has 2 aliphatic carbocycles. The molecule has 0 aromatic heterocycles. The van der Waals surface area contributed by atoms with Crippen molar-refractivity contribution < 1.29 is 19.0 Å². The van der Waals surface area contributed by atoms with Gasteiger partial charge in [0.2, 0.25) is 0 Å². The molecule has 1 atom stereocenters. The first-order valence-corrected chi connectivity index (χ1v) is 7.95. The van der Waals surface area contributed by atoms with Crippen molar-refractivity contribution in [1.29, 1.82) is 0 Å². The van der Waals surface area contributed by atoms with E-state index in [0.29, 0.717) is 31.8 Å². The Hall–Kier alpha value is -0.650. The fourth-order valence-corrected chi connectivity index (χ4v) is 2.55. The Morgan fingerprint density at radius 3 is 2.29 bits per heavy atom. The van der Waals surface area contributed by atoms with Crippen molar-refractivity contribution in [3.05, 3.63) is 0 Å². The van der Waals surface area contributed by atoms with Crippen LogP contribution in [0.4, 0.5) is 0 Å². The molecule has 0 heterocycles. The molecule has 0 bridgehead atoms. The van der Waals surface area contributed by atoms with Gasteiger partial charge in [-0.2, -0.15) is 0 Å². The van der Waals surface area contributed by atoms with Gasteiger partial charge in [0.1, 0.15) is 5.54 Å². The van der Waals surface area contributed by atoms with Crippen LogP contribution in [0.5, 0.6) is 0 Å². The summed E-state index contributed by atoms with van der Waals surface area (Å²) in [5.74, 6) is 0.155. The molecule has 0 aromatic rings. The van der Waals surface area contributed by atoms with Crippen LogP contribution in [0.15, 0.2) is 0 Å². The van der Waals surface area contributed by atoms with E-state index < -0.39 is 5.54 Å². The van der Waals surface area contributed by atoms with Gasteiger partial charge in [-0.1, -0.05) is 0 Å². The number of esters is 1. The van der Waals surface area contributed by atoms with Crippen LogP contribution in [-0.2, 0) is 19.0 Å². The van der Waals surface area contributed by atoms with Crippen molar-refractivity contribution in [2.75, 3.05) is 26.9 Å². The molecule has 0 radical (unpaired) electrons. The summed E-state index contributed by atoms with van der Waals surface area (Å²) in [4.78, 5) is 12.3. The Morgan fingerprint density at radius 2 is 1.81 bits per heavy atom. The normalized spacial score (nSPS) is 21.9. The summed E-state index contributed by atoms with van der Waals surface area (Å²) in [6.07, 6.45) is 4.41. The number of nitrogens with one attached hydrogen (secondary N) is 1. The monoisotopic (exact) mass is 299 g/mol. The third-order valence-electron chi connectivity index (χ3n) is 3.96. The minimum Gasteiger partial charge on any atom is -0.468 e. The predicted molar refractivity (Wildman–Crippen MR) is 80.2 cm³/mol. The number of hydrogen-bond donors (Lipinski definition) is 1. The standard InChI is InChI=1S/C16H29NO4/c1-15(2,3)21-10-9-20-11-16(12-5-6-12,14(18)19-4)17-13-7-8-13/h12-13,17H,5-11H2,1-4H3. The van der Waals surface area contributed by atoms with E-state index in [1.54, 1.807) is 0 Å². The van der Waals surface area contributed by atoms with Crippen LogP contribution in [-0.4, -0.2) is 50.1 Å². The van der Waals surface area contributed by atoms with Crippen molar-refractivity contribution >= 4 is 5.97 Å². The van der Waals surface area contributed by atoms with E-state index in [4.69, 9.17) is 14.2 Å². The van der Waals surface area contributed by atoms with E-state index in [2.05, 4.69) is 5.32 Å². The SMILES string of the molecule is COC(=O)C(COCCOC(C)(C)C)(NC1CC1)C1CC1. The number of methoxy groups -OCH3 is 1. The molecule has 5 heteroatoms. The molecule has 0 amide bonds. The first-order valence-electron chi connectivity index (χ1n) is 7.95.